The predicted molar refractivity (Wildman–Crippen MR) is 109 cm³/mol. The second kappa shape index (κ2) is 9.10. The van der Waals surface area contributed by atoms with Crippen LogP contribution in [0.5, 0.6) is 0 Å². The molecule has 0 aliphatic heterocycles. The number of hydrogen-bond donors (Lipinski definition) is 1. The molecule has 0 aliphatic carbocycles. The molecule has 1 amide bonds. The summed E-state index contributed by atoms with van der Waals surface area (Å²) in [5, 5.41) is 2.72. The molecule has 0 fully saturated rings. The fourth-order valence-electron chi connectivity index (χ4n) is 2.18. The van der Waals surface area contributed by atoms with Crippen molar-refractivity contribution >= 4 is 39.8 Å². The van der Waals surface area contributed by atoms with E-state index in [0.717, 1.165) is 12.5 Å². The van der Waals surface area contributed by atoms with Crippen molar-refractivity contribution in [1.82, 2.24) is 5.32 Å². The summed E-state index contributed by atoms with van der Waals surface area (Å²) in [6.45, 7) is 20.1. The van der Waals surface area contributed by atoms with E-state index in [9.17, 15) is 4.79 Å². The Bertz CT molecular complexity index is 361. The van der Waals surface area contributed by atoms with Crippen molar-refractivity contribution in [3.05, 3.63) is 0 Å². The van der Waals surface area contributed by atoms with Gasteiger partial charge in [-0.3, -0.25) is 0 Å². The highest BCUT2D eigenvalue weighted by Gasteiger charge is 2.49. The zero-order valence-electron chi connectivity index (χ0n) is 17.2. The monoisotopic (exact) mass is 411 g/mol. The van der Waals surface area contributed by atoms with Crippen LogP contribution < -0.4 is 5.32 Å². The van der Waals surface area contributed by atoms with Crippen molar-refractivity contribution in [2.75, 3.05) is 13.7 Å². The topological polar surface area (TPSA) is 66.0 Å². The number of alkyl carbamates (subject to hydrolysis) is 1. The van der Waals surface area contributed by atoms with Crippen molar-refractivity contribution in [1.29, 1.82) is 0 Å². The number of methoxy groups -OCH3 is 1. The molecule has 24 heavy (non-hydrogen) atoms. The van der Waals surface area contributed by atoms with Gasteiger partial charge in [-0.2, -0.15) is 0 Å². The highest BCUT2D eigenvalue weighted by atomic mass is 28.5. The summed E-state index contributed by atoms with van der Waals surface area (Å²) in [6, 6.07) is 0.718. The van der Waals surface area contributed by atoms with Gasteiger partial charge in [0.15, 0.2) is 25.0 Å². The summed E-state index contributed by atoms with van der Waals surface area (Å²) >= 11 is 0. The third-order valence-electron chi connectivity index (χ3n) is 2.50. The second-order valence-corrected chi connectivity index (χ2v) is 25.8. The maximum absolute atomic E-state index is 11.2. The summed E-state index contributed by atoms with van der Waals surface area (Å²) in [4.78, 5) is 11.2. The van der Waals surface area contributed by atoms with E-state index in [2.05, 4.69) is 69.0 Å². The van der Waals surface area contributed by atoms with Crippen molar-refractivity contribution in [3.8, 4) is 0 Å². The molecule has 0 aromatic heterocycles. The third kappa shape index (κ3) is 12.4. The van der Waals surface area contributed by atoms with Gasteiger partial charge in [-0.05, 0) is 65.3 Å². The van der Waals surface area contributed by atoms with Gasteiger partial charge in [0.25, 0.3) is 0 Å². The summed E-state index contributed by atoms with van der Waals surface area (Å²) < 4.78 is 24.3. The van der Waals surface area contributed by atoms with Crippen LogP contribution in [-0.2, 0) is 17.1 Å². The molecule has 6 nitrogen and oxygen atoms in total. The first-order valence-corrected chi connectivity index (χ1v) is 20.7. The third-order valence-corrected chi connectivity index (χ3v) is 14.5. The minimum absolute atomic E-state index is 0.411. The maximum Gasteiger partial charge on any atom is 0.469 e. The first-order valence-electron chi connectivity index (χ1n) is 8.50. The lowest BCUT2D eigenvalue weighted by molar-refractivity contribution is 0.170. The Balaban J connectivity index is 5.27. The Kier molecular flexibility index (Phi) is 9.11. The quantitative estimate of drug-likeness (QED) is 0.430. The van der Waals surface area contributed by atoms with Gasteiger partial charge < -0.3 is 22.4 Å². The van der Waals surface area contributed by atoms with Crippen LogP contribution in [0.2, 0.25) is 65.0 Å². The molecule has 0 atom stereocenters. The Morgan fingerprint density at radius 1 is 0.792 bits per heavy atom. The Labute approximate surface area is 152 Å². The molecular weight excluding hydrogens is 375 g/mol. The second-order valence-electron chi connectivity index (χ2n) is 8.85. The molecular formula is C14H37NO5Si4. The molecule has 0 heterocycles. The van der Waals surface area contributed by atoms with Crippen molar-refractivity contribution < 1.29 is 21.9 Å². The first-order chi connectivity index (χ1) is 10.6. The number of carbonyl (C=O) groups excluding carboxylic acids is 1. The zero-order chi connectivity index (χ0) is 19.2. The van der Waals surface area contributed by atoms with Gasteiger partial charge in [0.2, 0.25) is 0 Å². The zero-order valence-corrected chi connectivity index (χ0v) is 21.2. The lowest BCUT2D eigenvalue weighted by atomic mass is 10.5. The molecule has 0 saturated carbocycles. The van der Waals surface area contributed by atoms with E-state index in [1.165, 1.54) is 7.11 Å². The van der Waals surface area contributed by atoms with Crippen molar-refractivity contribution in [3.63, 3.8) is 0 Å². The lowest BCUT2D eigenvalue weighted by Crippen LogP contribution is -2.60. The molecule has 10 heteroatoms. The summed E-state index contributed by atoms with van der Waals surface area (Å²) in [5.41, 5.74) is 0. The first kappa shape index (κ1) is 24.0. The summed E-state index contributed by atoms with van der Waals surface area (Å²) in [5.74, 6) is 0. The molecule has 0 rings (SSSR count). The smallest absolute Gasteiger partial charge is 0.453 e. The van der Waals surface area contributed by atoms with Gasteiger partial charge in [-0.15, -0.1) is 0 Å². The normalized spacial score (nSPS) is 13.8. The number of carbonyl (C=O) groups is 1. The average Bonchev–Trinajstić information content (AvgIpc) is 2.27. The SMILES string of the molecule is COC(=O)NCCC[Si](O[Si](C)(C)C)(O[Si](C)(C)C)O[Si](C)(C)C. The molecule has 0 bridgehead atoms. The minimum Gasteiger partial charge on any atom is -0.453 e. The van der Waals surface area contributed by atoms with Crippen molar-refractivity contribution in [2.24, 2.45) is 0 Å². The van der Waals surface area contributed by atoms with Crippen LogP contribution in [0.25, 0.3) is 0 Å². The molecule has 144 valence electrons. The summed E-state index contributed by atoms with van der Waals surface area (Å²) in [7, 11) is -6.94. The van der Waals surface area contributed by atoms with Gasteiger partial charge in [0, 0.05) is 12.6 Å². The van der Waals surface area contributed by atoms with Gasteiger partial charge >= 0.3 is 14.9 Å². The fourth-order valence-corrected chi connectivity index (χ4v) is 16.8. The molecule has 0 radical (unpaired) electrons. The molecule has 0 aromatic carbocycles. The van der Waals surface area contributed by atoms with Crippen LogP contribution in [0.15, 0.2) is 0 Å². The van der Waals surface area contributed by atoms with Crippen LogP contribution in [0.4, 0.5) is 4.79 Å². The molecule has 0 aromatic rings. The number of ether oxygens (including phenoxy) is 1. The highest BCUT2D eigenvalue weighted by molar-refractivity contribution is 6.90. The van der Waals surface area contributed by atoms with E-state index in [0.29, 0.717) is 6.54 Å². The van der Waals surface area contributed by atoms with E-state index in [1.54, 1.807) is 0 Å². The molecule has 0 aliphatic rings. The number of nitrogens with one attached hydrogen (secondary N) is 1. The van der Waals surface area contributed by atoms with Gasteiger partial charge in [-0.1, -0.05) is 0 Å². The number of rotatable bonds is 10. The Hall–Kier alpha value is 0.0175. The fraction of sp³-hybridized carbons (Fsp3) is 0.929. The van der Waals surface area contributed by atoms with E-state index in [-0.39, 0.29) is 0 Å². The van der Waals surface area contributed by atoms with Crippen LogP contribution in [0, 0.1) is 0 Å². The number of hydrogen-bond acceptors (Lipinski definition) is 5. The lowest BCUT2D eigenvalue weighted by Gasteiger charge is -2.42. The van der Waals surface area contributed by atoms with E-state index in [4.69, 9.17) is 12.3 Å². The van der Waals surface area contributed by atoms with Gasteiger partial charge in [0.1, 0.15) is 0 Å². The Morgan fingerprint density at radius 3 is 1.46 bits per heavy atom. The molecule has 1 N–H and O–H groups in total. The van der Waals surface area contributed by atoms with E-state index < -0.39 is 39.8 Å². The van der Waals surface area contributed by atoms with Gasteiger partial charge in [-0.25, -0.2) is 4.79 Å². The summed E-state index contributed by atoms with van der Waals surface area (Å²) in [6.07, 6.45) is 0.339. The van der Waals surface area contributed by atoms with Crippen LogP contribution >= 0.6 is 0 Å². The van der Waals surface area contributed by atoms with E-state index in [1.807, 2.05) is 0 Å². The molecule has 0 unspecified atom stereocenters. The van der Waals surface area contributed by atoms with Crippen LogP contribution in [-0.4, -0.2) is 53.5 Å². The average molecular weight is 412 g/mol. The predicted octanol–water partition coefficient (Wildman–Crippen LogP) is 4.23. The molecule has 0 spiro atoms. The largest absolute Gasteiger partial charge is 0.469 e. The minimum atomic E-state index is -2.79. The van der Waals surface area contributed by atoms with Crippen LogP contribution in [0.1, 0.15) is 6.42 Å². The standard InChI is InChI=1S/C14H37NO5Si4/c1-17-14(16)15-12-11-13-24(18-21(2,3)4,19-22(5,6)7)20-23(8,9)10/h11-13H2,1-10H3,(H,15,16). The molecule has 0 saturated heterocycles. The van der Waals surface area contributed by atoms with Gasteiger partial charge in [0.05, 0.1) is 7.11 Å². The highest BCUT2D eigenvalue weighted by Crippen LogP contribution is 2.29. The maximum atomic E-state index is 11.2. The number of amides is 1. The van der Waals surface area contributed by atoms with Crippen molar-refractivity contribution in [2.45, 2.75) is 71.4 Å². The van der Waals surface area contributed by atoms with E-state index >= 15 is 0 Å². The Morgan fingerprint density at radius 2 is 1.17 bits per heavy atom. The van der Waals surface area contributed by atoms with Crippen LogP contribution in [0.3, 0.4) is 0 Å².